The molecule has 3 nitrogen and oxygen atoms in total. The Kier molecular flexibility index (Phi) is 4.54. The van der Waals surface area contributed by atoms with Crippen LogP contribution in [0.15, 0.2) is 0 Å². The predicted octanol–water partition coefficient (Wildman–Crippen LogP) is 2.67. The molecule has 4 heteroatoms. The van der Waals surface area contributed by atoms with Crippen LogP contribution in [0.25, 0.3) is 0 Å². The summed E-state index contributed by atoms with van der Waals surface area (Å²) in [6.45, 7) is 8.31. The van der Waals surface area contributed by atoms with Gasteiger partial charge in [0.05, 0.1) is 16.8 Å². The first kappa shape index (κ1) is 13.0. The summed E-state index contributed by atoms with van der Waals surface area (Å²) in [5.41, 5.74) is 1.18. The lowest BCUT2D eigenvalue weighted by Crippen LogP contribution is -2.21. The number of thiazole rings is 1. The quantitative estimate of drug-likeness (QED) is 0.877. The van der Waals surface area contributed by atoms with Crippen LogP contribution in [0.4, 0.5) is 0 Å². The minimum atomic E-state index is 0.409. The molecule has 2 heterocycles. The molecular weight excluding hydrogens is 232 g/mol. The predicted molar refractivity (Wildman–Crippen MR) is 71.5 cm³/mol. The number of aromatic nitrogens is 1. The first-order chi connectivity index (χ1) is 8.15. The van der Waals surface area contributed by atoms with Gasteiger partial charge in [-0.05, 0) is 19.8 Å². The monoisotopic (exact) mass is 254 g/mol. The van der Waals surface area contributed by atoms with Crippen molar-refractivity contribution in [2.45, 2.75) is 58.7 Å². The molecule has 1 aliphatic heterocycles. The summed E-state index contributed by atoms with van der Waals surface area (Å²) in [5, 5.41) is 4.68. The number of aryl methyl sites for hydroxylation is 1. The fraction of sp³-hybridized carbons (Fsp3) is 0.769. The van der Waals surface area contributed by atoms with Crippen LogP contribution in [-0.4, -0.2) is 23.7 Å². The largest absolute Gasteiger partial charge is 0.378 e. The molecule has 1 saturated heterocycles. The van der Waals surface area contributed by atoms with Crippen LogP contribution in [0, 0.1) is 6.92 Å². The molecule has 1 atom stereocenters. The average Bonchev–Trinajstić information content (AvgIpc) is 2.86. The number of hydrogen-bond acceptors (Lipinski definition) is 4. The van der Waals surface area contributed by atoms with Crippen LogP contribution in [0.5, 0.6) is 0 Å². The third-order valence-corrected chi connectivity index (χ3v) is 4.21. The lowest BCUT2D eigenvalue weighted by atomic mass is 10.2. The highest BCUT2D eigenvalue weighted by Crippen LogP contribution is 2.23. The number of hydrogen-bond donors (Lipinski definition) is 1. The van der Waals surface area contributed by atoms with E-state index in [1.165, 1.54) is 28.4 Å². The second kappa shape index (κ2) is 5.94. The summed E-state index contributed by atoms with van der Waals surface area (Å²) in [4.78, 5) is 6.02. The maximum Gasteiger partial charge on any atom is 0.0957 e. The van der Waals surface area contributed by atoms with Gasteiger partial charge >= 0.3 is 0 Å². The van der Waals surface area contributed by atoms with Gasteiger partial charge in [0.15, 0.2) is 0 Å². The molecular formula is C13H22N2OS. The van der Waals surface area contributed by atoms with Crippen LogP contribution in [0.1, 0.15) is 42.3 Å². The lowest BCUT2D eigenvalue weighted by Gasteiger charge is -2.06. The lowest BCUT2D eigenvalue weighted by molar-refractivity contribution is 0.111. The van der Waals surface area contributed by atoms with Crippen LogP contribution in [0.3, 0.4) is 0 Å². The van der Waals surface area contributed by atoms with Crippen LogP contribution in [-0.2, 0) is 17.7 Å². The summed E-state index contributed by atoms with van der Waals surface area (Å²) < 4.78 is 5.66. The SMILES string of the molecule is Cc1nc(CC2CCCO2)sc1CNC(C)C. The molecule has 1 aromatic rings. The fourth-order valence-electron chi connectivity index (χ4n) is 2.04. The molecule has 0 amide bonds. The van der Waals surface area contributed by atoms with E-state index in [0.717, 1.165) is 19.6 Å². The first-order valence-electron chi connectivity index (χ1n) is 6.45. The Hall–Kier alpha value is -0.450. The van der Waals surface area contributed by atoms with Gasteiger partial charge in [0.1, 0.15) is 0 Å². The highest BCUT2D eigenvalue weighted by molar-refractivity contribution is 7.11. The molecule has 96 valence electrons. The van der Waals surface area contributed by atoms with Crippen LogP contribution >= 0.6 is 11.3 Å². The molecule has 1 fully saturated rings. The third-order valence-electron chi connectivity index (χ3n) is 3.03. The molecule has 0 aromatic carbocycles. The zero-order chi connectivity index (χ0) is 12.3. The van der Waals surface area contributed by atoms with E-state index in [1.54, 1.807) is 0 Å². The molecule has 1 aliphatic rings. The third kappa shape index (κ3) is 3.76. The van der Waals surface area contributed by atoms with Gasteiger partial charge in [-0.2, -0.15) is 0 Å². The van der Waals surface area contributed by atoms with E-state index in [0.29, 0.717) is 12.1 Å². The topological polar surface area (TPSA) is 34.1 Å². The normalized spacial score (nSPS) is 20.4. The van der Waals surface area contributed by atoms with Crippen molar-refractivity contribution < 1.29 is 4.74 Å². The Balaban J connectivity index is 1.92. The summed E-state index contributed by atoms with van der Waals surface area (Å²) in [6, 6.07) is 0.526. The molecule has 0 aliphatic carbocycles. The van der Waals surface area contributed by atoms with Gasteiger partial charge < -0.3 is 10.1 Å². The Bertz CT molecular complexity index is 356. The number of ether oxygens (including phenoxy) is 1. The Morgan fingerprint density at radius 3 is 3.00 bits per heavy atom. The summed E-state index contributed by atoms with van der Waals surface area (Å²) >= 11 is 1.83. The molecule has 0 spiro atoms. The molecule has 1 aromatic heterocycles. The van der Waals surface area contributed by atoms with Gasteiger partial charge in [-0.15, -0.1) is 11.3 Å². The van der Waals surface area contributed by atoms with E-state index >= 15 is 0 Å². The standard InChI is InChI=1S/C13H22N2OS/c1-9(2)14-8-12-10(3)15-13(17-12)7-11-5-4-6-16-11/h9,11,14H,4-8H2,1-3H3. The molecule has 1 N–H and O–H groups in total. The van der Waals surface area contributed by atoms with E-state index < -0.39 is 0 Å². The van der Waals surface area contributed by atoms with Crippen LogP contribution in [0.2, 0.25) is 0 Å². The maximum absolute atomic E-state index is 5.66. The first-order valence-corrected chi connectivity index (χ1v) is 7.27. The fourth-order valence-corrected chi connectivity index (χ4v) is 3.12. The van der Waals surface area contributed by atoms with E-state index in [1.807, 2.05) is 11.3 Å². The van der Waals surface area contributed by atoms with Crippen molar-refractivity contribution in [2.24, 2.45) is 0 Å². The molecule has 0 saturated carbocycles. The van der Waals surface area contributed by atoms with Gasteiger partial charge in [0.25, 0.3) is 0 Å². The Labute approximate surface area is 108 Å². The van der Waals surface area contributed by atoms with Gasteiger partial charge in [-0.3, -0.25) is 0 Å². The molecule has 0 radical (unpaired) electrons. The second-order valence-corrected chi connectivity index (χ2v) is 6.16. The molecule has 1 unspecified atom stereocenters. The van der Waals surface area contributed by atoms with Gasteiger partial charge in [0.2, 0.25) is 0 Å². The zero-order valence-electron chi connectivity index (χ0n) is 11.0. The molecule has 17 heavy (non-hydrogen) atoms. The van der Waals surface area contributed by atoms with Crippen molar-refractivity contribution in [3.63, 3.8) is 0 Å². The van der Waals surface area contributed by atoms with E-state index in [9.17, 15) is 0 Å². The Morgan fingerprint density at radius 2 is 2.35 bits per heavy atom. The Morgan fingerprint density at radius 1 is 1.53 bits per heavy atom. The summed E-state index contributed by atoms with van der Waals surface area (Å²) in [5.74, 6) is 0. The minimum Gasteiger partial charge on any atom is -0.378 e. The minimum absolute atomic E-state index is 0.409. The van der Waals surface area contributed by atoms with Gasteiger partial charge in [-0.25, -0.2) is 4.98 Å². The highest BCUT2D eigenvalue weighted by atomic mass is 32.1. The van der Waals surface area contributed by atoms with Crippen molar-refractivity contribution in [3.05, 3.63) is 15.6 Å². The average molecular weight is 254 g/mol. The van der Waals surface area contributed by atoms with Gasteiger partial charge in [-0.1, -0.05) is 13.8 Å². The molecule has 0 bridgehead atoms. The van der Waals surface area contributed by atoms with Crippen LogP contribution < -0.4 is 5.32 Å². The van der Waals surface area contributed by atoms with E-state index in [2.05, 4.69) is 31.1 Å². The number of nitrogens with zero attached hydrogens (tertiary/aromatic N) is 1. The van der Waals surface area contributed by atoms with Crippen molar-refractivity contribution in [2.75, 3.05) is 6.61 Å². The van der Waals surface area contributed by atoms with Crippen molar-refractivity contribution in [3.8, 4) is 0 Å². The van der Waals surface area contributed by atoms with Crippen molar-refractivity contribution >= 4 is 11.3 Å². The zero-order valence-corrected chi connectivity index (χ0v) is 11.8. The van der Waals surface area contributed by atoms with Gasteiger partial charge in [0, 0.05) is 30.5 Å². The molecule has 2 rings (SSSR count). The van der Waals surface area contributed by atoms with E-state index in [4.69, 9.17) is 4.74 Å². The van der Waals surface area contributed by atoms with Crippen molar-refractivity contribution in [1.82, 2.24) is 10.3 Å². The smallest absolute Gasteiger partial charge is 0.0957 e. The summed E-state index contributed by atoms with van der Waals surface area (Å²) in [6.07, 6.45) is 3.80. The van der Waals surface area contributed by atoms with Crippen molar-refractivity contribution in [1.29, 1.82) is 0 Å². The summed E-state index contributed by atoms with van der Waals surface area (Å²) in [7, 11) is 0. The second-order valence-electron chi connectivity index (χ2n) is 4.99. The maximum atomic E-state index is 5.66. The number of nitrogens with one attached hydrogen (secondary N) is 1. The number of rotatable bonds is 5. The highest BCUT2D eigenvalue weighted by Gasteiger charge is 2.18. The van der Waals surface area contributed by atoms with E-state index in [-0.39, 0.29) is 0 Å².